The fourth-order valence-electron chi connectivity index (χ4n) is 5.14. The van der Waals surface area contributed by atoms with Crippen LogP contribution in [0.5, 0.6) is 5.75 Å². The first-order valence-corrected chi connectivity index (χ1v) is 12.4. The summed E-state index contributed by atoms with van der Waals surface area (Å²) in [5.41, 5.74) is 3.51. The number of hydrogen-bond acceptors (Lipinski definition) is 4. The van der Waals surface area contributed by atoms with Crippen LogP contribution in [0.3, 0.4) is 0 Å². The third kappa shape index (κ3) is 4.12. The van der Waals surface area contributed by atoms with Crippen LogP contribution in [0.4, 0.5) is 0 Å². The van der Waals surface area contributed by atoms with Crippen LogP contribution in [0.1, 0.15) is 38.2 Å². The van der Waals surface area contributed by atoms with Crippen LogP contribution < -0.4 is 10.1 Å². The maximum absolute atomic E-state index is 6.45. The average Bonchev–Trinajstić information content (AvgIpc) is 3.32. The largest absolute Gasteiger partial charge is 0.494 e. The second-order valence-corrected chi connectivity index (χ2v) is 9.54. The summed E-state index contributed by atoms with van der Waals surface area (Å²) in [6.07, 6.45) is 13.3. The normalized spacial score (nSPS) is 21.5. The van der Waals surface area contributed by atoms with Crippen LogP contribution in [0.15, 0.2) is 77.8 Å². The number of aromatic nitrogens is 1. The number of amidine groups is 1. The number of aliphatic imine (C=N–C) groups is 1. The Kier molecular flexibility index (Phi) is 6.42. The fourth-order valence-corrected chi connectivity index (χ4v) is 5.31. The number of unbranched alkanes of at least 4 members (excludes halogenated alkanes) is 1. The second-order valence-electron chi connectivity index (χ2n) is 9.10. The van der Waals surface area contributed by atoms with Gasteiger partial charge in [-0.05, 0) is 31.0 Å². The predicted octanol–water partition coefficient (Wildman–Crippen LogP) is 6.97. The zero-order chi connectivity index (χ0) is 23.5. The van der Waals surface area contributed by atoms with E-state index in [-0.39, 0.29) is 5.54 Å². The quantitative estimate of drug-likeness (QED) is 0.404. The van der Waals surface area contributed by atoms with Crippen molar-refractivity contribution >= 4 is 28.3 Å². The molecule has 34 heavy (non-hydrogen) atoms. The number of nitrogens with zero attached hydrogens (tertiary/aromatic N) is 2. The molecule has 1 N–H and O–H groups in total. The number of benzene rings is 2. The molecule has 2 aliphatic rings. The number of allylic oxidation sites excluding steroid dienone is 3. The lowest BCUT2D eigenvalue weighted by molar-refractivity contribution is 0.280. The van der Waals surface area contributed by atoms with Gasteiger partial charge < -0.3 is 10.1 Å². The van der Waals surface area contributed by atoms with E-state index in [4.69, 9.17) is 26.3 Å². The smallest absolute Gasteiger partial charge is 0.156 e. The molecule has 2 aromatic carbocycles. The molecule has 2 atom stereocenters. The highest BCUT2D eigenvalue weighted by Crippen LogP contribution is 2.40. The van der Waals surface area contributed by atoms with E-state index in [0.29, 0.717) is 10.9 Å². The molecule has 0 saturated carbocycles. The van der Waals surface area contributed by atoms with E-state index in [1.54, 1.807) is 7.11 Å². The van der Waals surface area contributed by atoms with Crippen LogP contribution in [-0.2, 0) is 0 Å². The van der Waals surface area contributed by atoms with Crippen molar-refractivity contribution in [3.05, 3.63) is 83.4 Å². The molecule has 1 aliphatic carbocycles. The molecule has 0 bridgehead atoms. The molecule has 0 amide bonds. The van der Waals surface area contributed by atoms with Gasteiger partial charge in [-0.1, -0.05) is 86.0 Å². The van der Waals surface area contributed by atoms with Gasteiger partial charge in [-0.2, -0.15) is 0 Å². The summed E-state index contributed by atoms with van der Waals surface area (Å²) in [7, 11) is 1.71. The summed E-state index contributed by atoms with van der Waals surface area (Å²) in [4.78, 5) is 10.1. The van der Waals surface area contributed by atoms with Crippen LogP contribution in [0, 0.1) is 5.92 Å². The Labute approximate surface area is 206 Å². The highest BCUT2D eigenvalue weighted by atomic mass is 35.5. The van der Waals surface area contributed by atoms with Gasteiger partial charge in [0, 0.05) is 21.9 Å². The monoisotopic (exact) mass is 471 g/mol. The molecule has 5 rings (SSSR count). The minimum atomic E-state index is -0.112. The molecule has 0 radical (unpaired) electrons. The fraction of sp³-hybridized carbons (Fsp3) is 0.310. The van der Waals surface area contributed by atoms with Crippen molar-refractivity contribution in [1.29, 1.82) is 0 Å². The minimum absolute atomic E-state index is 0.112. The third-order valence-corrected chi connectivity index (χ3v) is 7.18. The summed E-state index contributed by atoms with van der Waals surface area (Å²) in [6, 6.07) is 16.0. The summed E-state index contributed by atoms with van der Waals surface area (Å²) < 4.78 is 6.03. The van der Waals surface area contributed by atoms with E-state index in [2.05, 4.69) is 48.7 Å². The number of methoxy groups -OCH3 is 1. The molecule has 1 aromatic heterocycles. The Morgan fingerprint density at radius 3 is 2.74 bits per heavy atom. The lowest BCUT2D eigenvalue weighted by Crippen LogP contribution is -2.51. The van der Waals surface area contributed by atoms with E-state index in [0.717, 1.165) is 71.5 Å². The third-order valence-electron chi connectivity index (χ3n) is 6.94. The Morgan fingerprint density at radius 1 is 1.15 bits per heavy atom. The number of halogens is 1. The SMILES string of the molecule is CCCCC1(C2C=CC=CC2)CN=C(c2c(OC)c(-c3ccccc3)nc3ccc(Cl)cc23)N1. The maximum atomic E-state index is 6.45. The Bertz CT molecular complexity index is 1280. The lowest BCUT2D eigenvalue weighted by Gasteiger charge is -2.37. The van der Waals surface area contributed by atoms with Crippen molar-refractivity contribution in [3.8, 4) is 17.0 Å². The van der Waals surface area contributed by atoms with Gasteiger partial charge in [0.05, 0.1) is 30.3 Å². The van der Waals surface area contributed by atoms with E-state index in [1.807, 2.05) is 36.4 Å². The van der Waals surface area contributed by atoms with Gasteiger partial charge in [-0.15, -0.1) is 0 Å². The number of nitrogens with one attached hydrogen (secondary N) is 1. The summed E-state index contributed by atoms with van der Waals surface area (Å²) in [6.45, 7) is 2.98. The molecule has 4 nitrogen and oxygen atoms in total. The highest BCUT2D eigenvalue weighted by molar-refractivity contribution is 6.31. The van der Waals surface area contributed by atoms with Gasteiger partial charge in [0.2, 0.25) is 0 Å². The molecule has 3 aromatic rings. The second kappa shape index (κ2) is 9.63. The van der Waals surface area contributed by atoms with Crippen molar-refractivity contribution in [2.24, 2.45) is 10.9 Å². The first-order chi connectivity index (χ1) is 16.6. The minimum Gasteiger partial charge on any atom is -0.494 e. The van der Waals surface area contributed by atoms with Crippen molar-refractivity contribution in [1.82, 2.24) is 10.3 Å². The molecule has 1 aliphatic heterocycles. The van der Waals surface area contributed by atoms with Crippen LogP contribution in [0.25, 0.3) is 22.2 Å². The molecule has 174 valence electrons. The molecular weight excluding hydrogens is 442 g/mol. The number of rotatable bonds is 7. The van der Waals surface area contributed by atoms with Crippen molar-refractivity contribution in [2.45, 2.75) is 38.1 Å². The number of hydrogen-bond donors (Lipinski definition) is 1. The maximum Gasteiger partial charge on any atom is 0.156 e. The van der Waals surface area contributed by atoms with E-state index in [1.165, 1.54) is 0 Å². The summed E-state index contributed by atoms with van der Waals surface area (Å²) in [5.74, 6) is 1.97. The van der Waals surface area contributed by atoms with Gasteiger partial charge in [-0.3, -0.25) is 4.99 Å². The Hall–Kier alpha value is -3.11. The van der Waals surface area contributed by atoms with Gasteiger partial charge in [0.1, 0.15) is 11.5 Å². The molecule has 0 saturated heterocycles. The molecule has 0 spiro atoms. The van der Waals surface area contributed by atoms with Crippen LogP contribution in [-0.4, -0.2) is 30.0 Å². The zero-order valence-electron chi connectivity index (χ0n) is 19.7. The van der Waals surface area contributed by atoms with E-state index >= 15 is 0 Å². The molecule has 0 fully saturated rings. The van der Waals surface area contributed by atoms with Gasteiger partial charge in [0.25, 0.3) is 0 Å². The first kappa shape index (κ1) is 22.7. The number of ether oxygens (including phenoxy) is 1. The Morgan fingerprint density at radius 2 is 2.00 bits per heavy atom. The van der Waals surface area contributed by atoms with Crippen molar-refractivity contribution in [3.63, 3.8) is 0 Å². The number of pyridine rings is 1. The van der Waals surface area contributed by atoms with Gasteiger partial charge in [-0.25, -0.2) is 4.98 Å². The molecule has 2 unspecified atom stereocenters. The lowest BCUT2D eigenvalue weighted by atomic mass is 9.77. The summed E-state index contributed by atoms with van der Waals surface area (Å²) >= 11 is 6.45. The summed E-state index contributed by atoms with van der Waals surface area (Å²) in [5, 5.41) is 5.52. The molecular formula is C29H30ClN3O. The van der Waals surface area contributed by atoms with E-state index < -0.39 is 0 Å². The topological polar surface area (TPSA) is 46.5 Å². The predicted molar refractivity (Wildman–Crippen MR) is 142 cm³/mol. The first-order valence-electron chi connectivity index (χ1n) is 12.0. The average molecular weight is 472 g/mol. The standard InChI is InChI=1S/C29H30ClN3O/c1-3-4-17-29(21-13-9-6-10-14-21)19-31-28(33-29)25-23-18-22(30)15-16-24(23)32-26(27(25)34-2)20-11-7-5-8-12-20/h5-13,15-16,18,21H,3-4,14,17,19H2,1-2H3,(H,31,33). The Balaban J connectivity index is 1.66. The van der Waals surface area contributed by atoms with E-state index in [9.17, 15) is 0 Å². The van der Waals surface area contributed by atoms with Crippen molar-refractivity contribution in [2.75, 3.05) is 13.7 Å². The van der Waals surface area contributed by atoms with Gasteiger partial charge >= 0.3 is 0 Å². The van der Waals surface area contributed by atoms with Gasteiger partial charge in [0.15, 0.2) is 5.75 Å². The number of fused-ring (bicyclic) bond motifs is 1. The highest BCUT2D eigenvalue weighted by Gasteiger charge is 2.42. The molecule has 5 heteroatoms. The van der Waals surface area contributed by atoms with Crippen molar-refractivity contribution < 1.29 is 4.74 Å². The van der Waals surface area contributed by atoms with Crippen LogP contribution in [0.2, 0.25) is 5.02 Å². The van der Waals surface area contributed by atoms with Crippen LogP contribution >= 0.6 is 11.6 Å². The zero-order valence-corrected chi connectivity index (χ0v) is 20.5. The molecule has 2 heterocycles.